The summed E-state index contributed by atoms with van der Waals surface area (Å²) < 4.78 is 11.2. The maximum Gasteiger partial charge on any atom is 0.408 e. The number of ether oxygens (including phenoxy) is 2. The van der Waals surface area contributed by atoms with Gasteiger partial charge in [0.1, 0.15) is 29.3 Å². The first-order valence-corrected chi connectivity index (χ1v) is 17.7. The van der Waals surface area contributed by atoms with E-state index >= 15 is 0 Å². The molecule has 11 heteroatoms. The molecule has 0 saturated carbocycles. The van der Waals surface area contributed by atoms with Crippen LogP contribution in [0, 0.1) is 0 Å². The highest BCUT2D eigenvalue weighted by molar-refractivity contribution is 5.94. The van der Waals surface area contributed by atoms with E-state index in [2.05, 4.69) is 17.6 Å². The van der Waals surface area contributed by atoms with Gasteiger partial charge in [0, 0.05) is 19.4 Å². The number of primary amides is 1. The van der Waals surface area contributed by atoms with Crippen LogP contribution in [0.3, 0.4) is 0 Å². The molecule has 2 aromatic rings. The molecule has 0 heterocycles. The normalized spacial score (nSPS) is 13.3. The zero-order valence-electron chi connectivity index (χ0n) is 31.0. The molecule has 4 N–H and O–H groups in total. The number of hydrogen-bond donors (Lipinski definition) is 3. The number of nitrogens with two attached hydrogens (primary N) is 1. The number of nitrogens with zero attached hydrogens (tertiary/aromatic N) is 1. The Morgan fingerprint density at radius 2 is 1.30 bits per heavy atom. The number of alkyl carbamates (subject to hydrolysis) is 1. The molecule has 0 saturated heterocycles. The lowest BCUT2D eigenvalue weighted by atomic mass is 9.99. The van der Waals surface area contributed by atoms with Gasteiger partial charge in [0.2, 0.25) is 17.7 Å². The Balaban J connectivity index is 2.59. The third-order valence-electron chi connectivity index (χ3n) is 7.67. The summed E-state index contributed by atoms with van der Waals surface area (Å²) in [5, 5.41) is 5.53. The predicted octanol–water partition coefficient (Wildman–Crippen LogP) is 6.14. The fraction of sp³-hybridized carbons (Fsp3) is 0.564. The zero-order chi connectivity index (χ0) is 37.3. The van der Waals surface area contributed by atoms with Crippen molar-refractivity contribution in [2.75, 3.05) is 6.54 Å². The van der Waals surface area contributed by atoms with Crippen LogP contribution >= 0.6 is 0 Å². The van der Waals surface area contributed by atoms with Crippen molar-refractivity contribution in [1.29, 1.82) is 0 Å². The van der Waals surface area contributed by atoms with E-state index < -0.39 is 59.1 Å². The minimum atomic E-state index is -1.22. The fourth-order valence-electron chi connectivity index (χ4n) is 5.40. The van der Waals surface area contributed by atoms with Crippen LogP contribution in [-0.2, 0) is 35.1 Å². The van der Waals surface area contributed by atoms with Gasteiger partial charge in [-0.25, -0.2) is 9.59 Å². The largest absolute Gasteiger partial charge is 0.458 e. The second-order valence-electron chi connectivity index (χ2n) is 14.6. The van der Waals surface area contributed by atoms with Gasteiger partial charge in [-0.2, -0.15) is 0 Å². The van der Waals surface area contributed by atoms with E-state index in [0.29, 0.717) is 12.0 Å². The van der Waals surface area contributed by atoms with Crippen molar-refractivity contribution in [3.8, 4) is 0 Å². The second kappa shape index (κ2) is 20.3. The van der Waals surface area contributed by atoms with Gasteiger partial charge >= 0.3 is 12.1 Å². The Labute approximate surface area is 298 Å². The molecule has 0 spiro atoms. The predicted molar refractivity (Wildman–Crippen MR) is 194 cm³/mol. The number of carbonyl (C=O) groups is 5. The molecule has 11 nitrogen and oxygen atoms in total. The van der Waals surface area contributed by atoms with E-state index in [0.717, 1.165) is 37.7 Å². The van der Waals surface area contributed by atoms with E-state index in [4.69, 9.17) is 15.2 Å². The van der Waals surface area contributed by atoms with Crippen LogP contribution in [0.2, 0.25) is 0 Å². The smallest absolute Gasteiger partial charge is 0.408 e. The first-order chi connectivity index (χ1) is 23.5. The third kappa shape index (κ3) is 15.9. The standard InChI is InChI=1S/C39H58N4O7/c1-8-9-10-11-12-19-26-43(35(46)30(24-25-32(40)44)42-37(48)50-39(5,6)7)33(29-22-17-14-18-23-29)34(45)41-31(36(47)49-38(2,3)4)27-28-20-15-13-16-21-28/h13-18,20-23,30-31,33H,8-12,19,24-27H2,1-7H3,(H2,40,44)(H,41,45)(H,42,48). The topological polar surface area (TPSA) is 157 Å². The van der Waals surface area contributed by atoms with Crippen LogP contribution in [0.25, 0.3) is 0 Å². The SMILES string of the molecule is CCCCCCCCN(C(=O)C(CCC(N)=O)NC(=O)OC(C)(C)C)C(C(=O)NC(Cc1ccccc1)C(=O)OC(C)(C)C)c1ccccc1. The van der Waals surface area contributed by atoms with Crippen molar-refractivity contribution in [3.63, 3.8) is 0 Å². The van der Waals surface area contributed by atoms with E-state index in [9.17, 15) is 24.0 Å². The Morgan fingerprint density at radius 3 is 1.86 bits per heavy atom. The summed E-state index contributed by atoms with van der Waals surface area (Å²) in [7, 11) is 0. The Morgan fingerprint density at radius 1 is 0.740 bits per heavy atom. The van der Waals surface area contributed by atoms with E-state index in [-0.39, 0.29) is 25.8 Å². The van der Waals surface area contributed by atoms with Crippen LogP contribution < -0.4 is 16.4 Å². The van der Waals surface area contributed by atoms with Gasteiger partial charge in [0.15, 0.2) is 0 Å². The number of rotatable bonds is 19. The van der Waals surface area contributed by atoms with Gasteiger partial charge in [0.25, 0.3) is 0 Å². The molecule has 0 aromatic heterocycles. The lowest BCUT2D eigenvalue weighted by Gasteiger charge is -2.35. The van der Waals surface area contributed by atoms with E-state index in [1.807, 2.05) is 30.3 Å². The molecule has 0 radical (unpaired) electrons. The summed E-state index contributed by atoms with van der Waals surface area (Å²) in [6, 6.07) is 14.6. The van der Waals surface area contributed by atoms with Crippen molar-refractivity contribution in [3.05, 3.63) is 71.8 Å². The quantitative estimate of drug-likeness (QED) is 0.118. The minimum absolute atomic E-state index is 0.0991. The summed E-state index contributed by atoms with van der Waals surface area (Å²) in [4.78, 5) is 68.9. The summed E-state index contributed by atoms with van der Waals surface area (Å²) in [6.07, 6.45) is 4.62. The van der Waals surface area contributed by atoms with E-state index in [1.165, 1.54) is 4.90 Å². The molecule has 0 aliphatic carbocycles. The number of amides is 4. The first-order valence-electron chi connectivity index (χ1n) is 17.7. The van der Waals surface area contributed by atoms with Gasteiger partial charge < -0.3 is 30.7 Å². The zero-order valence-corrected chi connectivity index (χ0v) is 31.0. The Bertz CT molecular complexity index is 1370. The van der Waals surface area contributed by atoms with Crippen molar-refractivity contribution in [1.82, 2.24) is 15.5 Å². The van der Waals surface area contributed by atoms with Gasteiger partial charge in [0.05, 0.1) is 0 Å². The molecule has 3 unspecified atom stereocenters. The average molecular weight is 695 g/mol. The summed E-state index contributed by atoms with van der Waals surface area (Å²) in [6.45, 7) is 12.7. The maximum atomic E-state index is 14.6. The van der Waals surface area contributed by atoms with Crippen LogP contribution in [0.4, 0.5) is 4.79 Å². The Hall–Kier alpha value is -4.41. The molecule has 276 valence electrons. The fourth-order valence-corrected chi connectivity index (χ4v) is 5.40. The molecular weight excluding hydrogens is 636 g/mol. The third-order valence-corrected chi connectivity index (χ3v) is 7.67. The molecule has 0 fully saturated rings. The molecule has 2 aromatic carbocycles. The van der Waals surface area contributed by atoms with Gasteiger partial charge in [-0.1, -0.05) is 99.7 Å². The number of benzene rings is 2. The number of hydrogen-bond acceptors (Lipinski definition) is 7. The maximum absolute atomic E-state index is 14.6. The van der Waals surface area contributed by atoms with Crippen LogP contribution in [-0.4, -0.2) is 64.5 Å². The molecule has 50 heavy (non-hydrogen) atoms. The van der Waals surface area contributed by atoms with E-state index in [1.54, 1.807) is 71.9 Å². The van der Waals surface area contributed by atoms with Gasteiger partial charge in [-0.15, -0.1) is 0 Å². The summed E-state index contributed by atoms with van der Waals surface area (Å²) >= 11 is 0. The molecule has 4 amide bonds. The van der Waals surface area contributed by atoms with Crippen molar-refractivity contribution >= 4 is 29.8 Å². The van der Waals surface area contributed by atoms with Crippen LogP contribution in [0.5, 0.6) is 0 Å². The highest BCUT2D eigenvalue weighted by Gasteiger charge is 2.38. The number of unbranched alkanes of at least 4 members (excludes halogenated alkanes) is 5. The molecular formula is C39H58N4O7. The monoisotopic (exact) mass is 694 g/mol. The number of carbonyl (C=O) groups excluding carboxylic acids is 5. The van der Waals surface area contributed by atoms with Crippen molar-refractivity contribution in [2.24, 2.45) is 5.73 Å². The summed E-state index contributed by atoms with van der Waals surface area (Å²) in [5.74, 6) is -2.42. The van der Waals surface area contributed by atoms with Crippen molar-refractivity contribution in [2.45, 2.75) is 136 Å². The molecule has 0 aliphatic rings. The van der Waals surface area contributed by atoms with Gasteiger partial charge in [-0.05, 0) is 65.5 Å². The minimum Gasteiger partial charge on any atom is -0.458 e. The molecule has 2 rings (SSSR count). The lowest BCUT2D eigenvalue weighted by molar-refractivity contribution is -0.159. The lowest BCUT2D eigenvalue weighted by Crippen LogP contribution is -2.55. The molecule has 3 atom stereocenters. The molecule has 0 aliphatic heterocycles. The number of esters is 1. The van der Waals surface area contributed by atoms with Crippen LogP contribution in [0.15, 0.2) is 60.7 Å². The highest BCUT2D eigenvalue weighted by atomic mass is 16.6. The summed E-state index contributed by atoms with van der Waals surface area (Å²) in [5.41, 5.74) is 5.13. The highest BCUT2D eigenvalue weighted by Crippen LogP contribution is 2.25. The average Bonchev–Trinajstić information content (AvgIpc) is 3.02. The molecule has 0 bridgehead atoms. The first kappa shape index (κ1) is 41.8. The number of nitrogens with one attached hydrogen (secondary N) is 2. The van der Waals surface area contributed by atoms with Crippen LogP contribution in [0.1, 0.15) is 117 Å². The van der Waals surface area contributed by atoms with Gasteiger partial charge in [-0.3, -0.25) is 14.4 Å². The Kier molecular flexibility index (Phi) is 17.0. The van der Waals surface area contributed by atoms with Crippen molar-refractivity contribution < 1.29 is 33.4 Å². The second-order valence-corrected chi connectivity index (χ2v) is 14.6.